The number of benzene rings is 1. The van der Waals surface area contributed by atoms with E-state index in [1.807, 2.05) is 6.07 Å². The van der Waals surface area contributed by atoms with Crippen LogP contribution in [0, 0.1) is 5.92 Å². The Morgan fingerprint density at radius 3 is 2.50 bits per heavy atom. The Bertz CT molecular complexity index is 401. The van der Waals surface area contributed by atoms with Crippen LogP contribution in [0.2, 0.25) is 5.02 Å². The van der Waals surface area contributed by atoms with Gasteiger partial charge in [0.2, 0.25) is 0 Å². The molecule has 16 heavy (non-hydrogen) atoms. The molecule has 0 unspecified atom stereocenters. The minimum atomic E-state index is -0.773. The molecule has 0 aromatic heterocycles. The van der Waals surface area contributed by atoms with Gasteiger partial charge in [0.1, 0.15) is 11.7 Å². The lowest BCUT2D eigenvalue weighted by molar-refractivity contribution is -0.148. The van der Waals surface area contributed by atoms with Crippen molar-refractivity contribution in [3.8, 4) is 0 Å². The average molecular weight is 241 g/mol. The minimum absolute atomic E-state index is 0.216. The highest BCUT2D eigenvalue weighted by Crippen LogP contribution is 2.19. The summed E-state index contributed by atoms with van der Waals surface area (Å²) in [4.78, 5) is 22.7. The maximum atomic E-state index is 11.4. The summed E-state index contributed by atoms with van der Waals surface area (Å²) in [5, 5.41) is 0.553. The molecule has 3 nitrogen and oxygen atoms in total. The molecule has 0 fully saturated rings. The number of methoxy groups -OCH3 is 1. The highest BCUT2D eigenvalue weighted by atomic mass is 35.5. The monoisotopic (exact) mass is 240 g/mol. The number of carbonyl (C=O) groups excluding carboxylic acids is 2. The number of ether oxygens (including phenoxy) is 1. The van der Waals surface area contributed by atoms with Gasteiger partial charge in [-0.25, -0.2) is 0 Å². The fourth-order valence-corrected chi connectivity index (χ4v) is 1.63. The molecule has 0 radical (unpaired) electrons. The Morgan fingerprint density at radius 2 is 2.00 bits per heavy atom. The minimum Gasteiger partial charge on any atom is -0.468 e. The molecule has 0 aliphatic heterocycles. The molecule has 4 heteroatoms. The van der Waals surface area contributed by atoms with Crippen molar-refractivity contribution in [2.24, 2.45) is 5.92 Å². The van der Waals surface area contributed by atoms with Crippen LogP contribution < -0.4 is 0 Å². The maximum absolute atomic E-state index is 11.4. The molecule has 0 bridgehead atoms. The maximum Gasteiger partial charge on any atom is 0.316 e. The zero-order valence-corrected chi connectivity index (χ0v) is 9.95. The van der Waals surface area contributed by atoms with E-state index >= 15 is 0 Å². The summed E-state index contributed by atoms with van der Waals surface area (Å²) in [5.41, 5.74) is 0.773. The quantitative estimate of drug-likeness (QED) is 0.599. The molecule has 86 valence electrons. The summed E-state index contributed by atoms with van der Waals surface area (Å²) < 4.78 is 4.58. The summed E-state index contributed by atoms with van der Waals surface area (Å²) in [6, 6.07) is 7.13. The first-order valence-corrected chi connectivity index (χ1v) is 5.25. The SMILES string of the molecule is COC(=O)[C@H](Cc1ccccc1Cl)C(C)=O. The summed E-state index contributed by atoms with van der Waals surface area (Å²) in [6.07, 6.45) is 0.279. The third-order valence-electron chi connectivity index (χ3n) is 2.36. The van der Waals surface area contributed by atoms with E-state index in [1.165, 1.54) is 14.0 Å². The molecule has 0 aliphatic carbocycles. The van der Waals surface area contributed by atoms with Gasteiger partial charge in [-0.1, -0.05) is 29.8 Å². The smallest absolute Gasteiger partial charge is 0.316 e. The molecule has 1 rings (SSSR count). The normalized spacial score (nSPS) is 11.9. The Balaban J connectivity index is 2.88. The Hall–Kier alpha value is -1.35. The van der Waals surface area contributed by atoms with Crippen LogP contribution >= 0.6 is 11.6 Å². The first kappa shape index (κ1) is 12.7. The second-order valence-corrected chi connectivity index (χ2v) is 3.89. The van der Waals surface area contributed by atoms with Crippen molar-refractivity contribution in [1.82, 2.24) is 0 Å². The number of halogens is 1. The Morgan fingerprint density at radius 1 is 1.38 bits per heavy atom. The molecule has 0 saturated heterocycles. The summed E-state index contributed by atoms with van der Waals surface area (Å²) >= 11 is 5.96. The van der Waals surface area contributed by atoms with Crippen LogP contribution in [0.5, 0.6) is 0 Å². The van der Waals surface area contributed by atoms with Crippen LogP contribution in [0.1, 0.15) is 12.5 Å². The Kier molecular flexibility index (Phi) is 4.50. The predicted molar refractivity (Wildman–Crippen MR) is 61.3 cm³/mol. The van der Waals surface area contributed by atoms with E-state index < -0.39 is 11.9 Å². The molecule has 0 saturated carbocycles. The number of ketones is 1. The molecule has 1 atom stereocenters. The topological polar surface area (TPSA) is 43.4 Å². The standard InChI is InChI=1S/C12H13ClO3/c1-8(14)10(12(15)16-2)7-9-5-3-4-6-11(9)13/h3-6,10H,7H2,1-2H3/t10-/m1/s1. The second-order valence-electron chi connectivity index (χ2n) is 3.48. The molecular formula is C12H13ClO3. The van der Waals surface area contributed by atoms with E-state index in [9.17, 15) is 9.59 Å². The van der Waals surface area contributed by atoms with Gasteiger partial charge in [-0.15, -0.1) is 0 Å². The van der Waals surface area contributed by atoms with Gasteiger partial charge in [-0.2, -0.15) is 0 Å². The lowest BCUT2D eigenvalue weighted by atomic mass is 9.96. The van der Waals surface area contributed by atoms with Crippen molar-refractivity contribution in [2.45, 2.75) is 13.3 Å². The first-order chi connectivity index (χ1) is 7.56. The van der Waals surface area contributed by atoms with E-state index in [0.717, 1.165) is 5.56 Å². The van der Waals surface area contributed by atoms with Crippen LogP contribution in [-0.4, -0.2) is 18.9 Å². The van der Waals surface area contributed by atoms with Crippen LogP contribution in [0.4, 0.5) is 0 Å². The van der Waals surface area contributed by atoms with Crippen molar-refractivity contribution >= 4 is 23.4 Å². The molecule has 0 aliphatic rings. The average Bonchev–Trinajstić information content (AvgIpc) is 2.26. The predicted octanol–water partition coefficient (Wildman–Crippen LogP) is 2.26. The number of Topliss-reactive ketones (excluding diaryl/α,β-unsaturated/α-hetero) is 1. The number of rotatable bonds is 4. The van der Waals surface area contributed by atoms with Crippen molar-refractivity contribution in [3.05, 3.63) is 34.9 Å². The van der Waals surface area contributed by atoms with Gasteiger partial charge >= 0.3 is 5.97 Å². The number of carbonyl (C=O) groups is 2. The first-order valence-electron chi connectivity index (χ1n) is 4.88. The zero-order chi connectivity index (χ0) is 12.1. The Labute approximate surface area is 99.4 Å². The molecule has 1 aromatic rings. The van der Waals surface area contributed by atoms with Crippen LogP contribution in [-0.2, 0) is 20.7 Å². The summed E-state index contributed by atoms with van der Waals surface area (Å²) in [7, 11) is 1.27. The highest BCUT2D eigenvalue weighted by Gasteiger charge is 2.25. The molecular weight excluding hydrogens is 228 g/mol. The van der Waals surface area contributed by atoms with Gasteiger partial charge in [-0.05, 0) is 25.0 Å². The number of hydrogen-bond donors (Lipinski definition) is 0. The number of esters is 1. The lowest BCUT2D eigenvalue weighted by Gasteiger charge is -2.12. The number of hydrogen-bond acceptors (Lipinski definition) is 3. The summed E-state index contributed by atoms with van der Waals surface area (Å²) in [5.74, 6) is -1.51. The largest absolute Gasteiger partial charge is 0.468 e. The van der Waals surface area contributed by atoms with E-state index in [2.05, 4.69) is 4.74 Å². The third-order valence-corrected chi connectivity index (χ3v) is 2.73. The van der Waals surface area contributed by atoms with Gasteiger partial charge in [0.05, 0.1) is 7.11 Å². The summed E-state index contributed by atoms with van der Waals surface area (Å²) in [6.45, 7) is 1.37. The van der Waals surface area contributed by atoms with Crippen molar-refractivity contribution in [3.63, 3.8) is 0 Å². The molecule has 0 amide bonds. The molecule has 0 heterocycles. The molecule has 0 spiro atoms. The van der Waals surface area contributed by atoms with Gasteiger partial charge in [0.25, 0.3) is 0 Å². The van der Waals surface area contributed by atoms with Gasteiger partial charge in [0.15, 0.2) is 0 Å². The molecule has 1 aromatic carbocycles. The van der Waals surface area contributed by atoms with Crippen molar-refractivity contribution in [1.29, 1.82) is 0 Å². The van der Waals surface area contributed by atoms with Crippen LogP contribution in [0.25, 0.3) is 0 Å². The fraction of sp³-hybridized carbons (Fsp3) is 0.333. The highest BCUT2D eigenvalue weighted by molar-refractivity contribution is 6.31. The van der Waals surface area contributed by atoms with Gasteiger partial charge in [0, 0.05) is 5.02 Å². The lowest BCUT2D eigenvalue weighted by Crippen LogP contribution is -2.25. The van der Waals surface area contributed by atoms with Gasteiger partial charge < -0.3 is 4.74 Å². The van der Waals surface area contributed by atoms with E-state index in [1.54, 1.807) is 18.2 Å². The third kappa shape index (κ3) is 3.07. The van der Waals surface area contributed by atoms with Gasteiger partial charge in [-0.3, -0.25) is 9.59 Å². The van der Waals surface area contributed by atoms with E-state index in [4.69, 9.17) is 11.6 Å². The van der Waals surface area contributed by atoms with Crippen molar-refractivity contribution in [2.75, 3.05) is 7.11 Å². The van der Waals surface area contributed by atoms with E-state index in [0.29, 0.717) is 5.02 Å². The zero-order valence-electron chi connectivity index (χ0n) is 9.20. The van der Waals surface area contributed by atoms with Crippen LogP contribution in [0.15, 0.2) is 24.3 Å². The second kappa shape index (κ2) is 5.66. The van der Waals surface area contributed by atoms with Crippen molar-refractivity contribution < 1.29 is 14.3 Å². The fourth-order valence-electron chi connectivity index (χ4n) is 1.42. The van der Waals surface area contributed by atoms with E-state index in [-0.39, 0.29) is 12.2 Å². The van der Waals surface area contributed by atoms with Crippen LogP contribution in [0.3, 0.4) is 0 Å². The molecule has 0 N–H and O–H groups in total.